The van der Waals surface area contributed by atoms with Crippen molar-refractivity contribution in [2.45, 2.75) is 67.4 Å². The van der Waals surface area contributed by atoms with Crippen LogP contribution in [0.1, 0.15) is 29.9 Å². The van der Waals surface area contributed by atoms with Crippen LogP contribution in [0.3, 0.4) is 0 Å². The monoisotopic (exact) mass is 491 g/mol. The predicted molar refractivity (Wildman–Crippen MR) is 67.8 cm³/mol. The van der Waals surface area contributed by atoms with Gasteiger partial charge in [-0.2, -0.15) is 65.9 Å². The first kappa shape index (κ1) is 25.4. The molecule has 0 unspecified atom stereocenters. The Kier molecular flexibility index (Phi) is 5.60. The van der Waals surface area contributed by atoms with Gasteiger partial charge in [-0.25, -0.2) is 0 Å². The molecule has 1 heterocycles. The largest absolute Gasteiger partial charge is 0.460 e. The van der Waals surface area contributed by atoms with Crippen molar-refractivity contribution in [3.63, 3.8) is 0 Å². The summed E-state index contributed by atoms with van der Waals surface area (Å²) in [6.07, 6.45) is -8.13. The van der Waals surface area contributed by atoms with Crippen LogP contribution in [0.25, 0.3) is 0 Å². The summed E-state index contributed by atoms with van der Waals surface area (Å²) in [6, 6.07) is 0. The third-order valence-corrected chi connectivity index (χ3v) is 4.57. The van der Waals surface area contributed by atoms with Crippen molar-refractivity contribution in [3.05, 3.63) is 17.0 Å². The van der Waals surface area contributed by atoms with Gasteiger partial charge in [-0.3, -0.25) is 0 Å². The second-order valence-corrected chi connectivity index (χ2v) is 6.59. The summed E-state index contributed by atoms with van der Waals surface area (Å²) in [5.74, 6) is -49.3. The van der Waals surface area contributed by atoms with Gasteiger partial charge in [0.25, 0.3) is 0 Å². The standard InChI is InChI=1S/C14H8F15NO/c15-8(16,7-5-3-1-2-4-6(5)30-31-7)9(17,18)10(19,20)11(21,22)12(23,24)13(25,26)14(27,28)29/h1-4H2. The summed E-state index contributed by atoms with van der Waals surface area (Å²) in [5, 5.41) is 2.86. The fraction of sp³-hybridized carbons (Fsp3) is 0.786. The summed E-state index contributed by atoms with van der Waals surface area (Å²) in [4.78, 5) is 0. The van der Waals surface area contributed by atoms with Crippen LogP contribution in [0.15, 0.2) is 4.52 Å². The summed E-state index contributed by atoms with van der Waals surface area (Å²) in [6.45, 7) is 0. The van der Waals surface area contributed by atoms with Crippen molar-refractivity contribution in [1.82, 2.24) is 5.16 Å². The van der Waals surface area contributed by atoms with Crippen LogP contribution >= 0.6 is 0 Å². The van der Waals surface area contributed by atoms with Crippen LogP contribution in [-0.4, -0.2) is 40.9 Å². The minimum atomic E-state index is -8.31. The number of halogens is 15. The predicted octanol–water partition coefficient (Wildman–Crippen LogP) is 6.38. The molecule has 0 spiro atoms. The van der Waals surface area contributed by atoms with E-state index in [-0.39, 0.29) is 19.3 Å². The van der Waals surface area contributed by atoms with Gasteiger partial charge in [-0.1, -0.05) is 5.16 Å². The maximum absolute atomic E-state index is 14.1. The molecule has 0 radical (unpaired) electrons. The lowest BCUT2D eigenvalue weighted by Crippen LogP contribution is -2.72. The van der Waals surface area contributed by atoms with Crippen LogP contribution in [0.2, 0.25) is 0 Å². The number of aryl methyl sites for hydroxylation is 1. The lowest BCUT2D eigenvalue weighted by atomic mass is 9.87. The van der Waals surface area contributed by atoms with Crippen LogP contribution in [0.5, 0.6) is 0 Å². The van der Waals surface area contributed by atoms with Gasteiger partial charge < -0.3 is 4.52 Å². The van der Waals surface area contributed by atoms with E-state index in [0.717, 1.165) is 0 Å². The molecule has 0 fully saturated rings. The number of nitrogens with zero attached hydrogens (tertiary/aromatic N) is 1. The number of rotatable bonds is 6. The SMILES string of the molecule is FC(F)(F)C(F)(F)C(F)(F)C(F)(F)C(F)(F)C(F)(F)C(F)(F)c1onc2c1CCCC2. The summed E-state index contributed by atoms with van der Waals surface area (Å²) in [5.41, 5.74) is -1.39. The Bertz CT molecular complexity index is 822. The van der Waals surface area contributed by atoms with Gasteiger partial charge in [0.1, 0.15) is 0 Å². The molecule has 0 aromatic carbocycles. The first-order valence-corrected chi connectivity index (χ1v) is 7.90. The summed E-state index contributed by atoms with van der Waals surface area (Å²) in [7, 11) is 0. The molecule has 1 aromatic rings. The molecular weight excluding hydrogens is 483 g/mol. The van der Waals surface area contributed by atoms with Gasteiger partial charge in [0.15, 0.2) is 0 Å². The first-order chi connectivity index (χ1) is 13.6. The van der Waals surface area contributed by atoms with Gasteiger partial charge in [0.05, 0.1) is 5.69 Å². The highest BCUT2D eigenvalue weighted by molar-refractivity contribution is 5.31. The van der Waals surface area contributed by atoms with Gasteiger partial charge in [0.2, 0.25) is 5.76 Å². The highest BCUT2D eigenvalue weighted by atomic mass is 19.4. The lowest BCUT2D eigenvalue weighted by molar-refractivity contribution is -0.454. The highest BCUT2D eigenvalue weighted by Crippen LogP contribution is 2.64. The fourth-order valence-electron chi connectivity index (χ4n) is 2.75. The van der Waals surface area contributed by atoms with Gasteiger partial charge in [0, 0.05) is 5.56 Å². The van der Waals surface area contributed by atoms with E-state index in [1.165, 1.54) is 0 Å². The number of aromatic nitrogens is 1. The Morgan fingerprint density at radius 2 is 0.968 bits per heavy atom. The Labute approximate surface area is 161 Å². The van der Waals surface area contributed by atoms with E-state index in [1.807, 2.05) is 0 Å². The Hall–Kier alpha value is -1.84. The Morgan fingerprint density at radius 3 is 1.45 bits per heavy atom. The van der Waals surface area contributed by atoms with Gasteiger partial charge >= 0.3 is 41.7 Å². The molecule has 1 aliphatic rings. The molecule has 0 saturated heterocycles. The molecule has 2 nitrogen and oxygen atoms in total. The minimum absolute atomic E-state index is 0.00864. The third kappa shape index (κ3) is 3.15. The molecule has 0 aliphatic heterocycles. The lowest BCUT2D eigenvalue weighted by Gasteiger charge is -2.41. The molecule has 0 N–H and O–H groups in total. The third-order valence-electron chi connectivity index (χ3n) is 4.57. The average Bonchev–Trinajstić information content (AvgIpc) is 3.04. The molecule has 31 heavy (non-hydrogen) atoms. The van der Waals surface area contributed by atoms with Crippen molar-refractivity contribution < 1.29 is 70.4 Å². The summed E-state index contributed by atoms with van der Waals surface area (Å²) < 4.78 is 202. The highest BCUT2D eigenvalue weighted by Gasteiger charge is 2.93. The Balaban J connectivity index is 2.62. The average molecular weight is 491 g/mol. The van der Waals surface area contributed by atoms with E-state index >= 15 is 0 Å². The maximum Gasteiger partial charge on any atom is 0.460 e. The molecule has 17 heteroatoms. The van der Waals surface area contributed by atoms with Gasteiger partial charge in [-0.15, -0.1) is 0 Å². The second-order valence-electron chi connectivity index (χ2n) is 6.59. The molecule has 0 bridgehead atoms. The molecule has 2 rings (SSSR count). The van der Waals surface area contributed by atoms with Gasteiger partial charge in [-0.05, 0) is 25.7 Å². The summed E-state index contributed by atoms with van der Waals surface area (Å²) >= 11 is 0. The van der Waals surface area contributed by atoms with E-state index in [4.69, 9.17) is 0 Å². The van der Waals surface area contributed by atoms with E-state index in [2.05, 4.69) is 9.68 Å². The fourth-order valence-corrected chi connectivity index (χ4v) is 2.75. The Morgan fingerprint density at radius 1 is 0.548 bits per heavy atom. The van der Waals surface area contributed by atoms with Crippen LogP contribution in [0.4, 0.5) is 65.9 Å². The van der Waals surface area contributed by atoms with Crippen molar-refractivity contribution in [1.29, 1.82) is 0 Å². The zero-order valence-electron chi connectivity index (χ0n) is 14.4. The molecule has 1 aromatic heterocycles. The van der Waals surface area contributed by atoms with Crippen LogP contribution in [0, 0.1) is 0 Å². The second kappa shape index (κ2) is 6.83. The zero-order valence-corrected chi connectivity index (χ0v) is 14.4. The number of alkyl halides is 15. The molecule has 0 saturated carbocycles. The van der Waals surface area contributed by atoms with Crippen LogP contribution < -0.4 is 0 Å². The molecule has 0 amide bonds. The zero-order chi connectivity index (χ0) is 24.5. The molecule has 180 valence electrons. The molecule has 1 aliphatic carbocycles. The first-order valence-electron chi connectivity index (χ1n) is 7.90. The smallest absolute Gasteiger partial charge is 0.354 e. The minimum Gasteiger partial charge on any atom is -0.354 e. The number of hydrogen-bond donors (Lipinski definition) is 0. The topological polar surface area (TPSA) is 26.0 Å². The van der Waals surface area contributed by atoms with Crippen molar-refractivity contribution >= 4 is 0 Å². The van der Waals surface area contributed by atoms with E-state index in [1.54, 1.807) is 0 Å². The van der Waals surface area contributed by atoms with Crippen molar-refractivity contribution in [3.8, 4) is 0 Å². The van der Waals surface area contributed by atoms with E-state index < -0.39 is 65.1 Å². The molecular formula is C14H8F15NO. The van der Waals surface area contributed by atoms with Crippen molar-refractivity contribution in [2.24, 2.45) is 0 Å². The van der Waals surface area contributed by atoms with Crippen molar-refractivity contribution in [2.75, 3.05) is 0 Å². The van der Waals surface area contributed by atoms with E-state index in [9.17, 15) is 65.9 Å². The molecule has 0 atom stereocenters. The maximum atomic E-state index is 14.1. The normalized spacial score (nSPS) is 17.6. The van der Waals surface area contributed by atoms with E-state index in [0.29, 0.717) is 0 Å². The number of fused-ring (bicyclic) bond motifs is 1. The van der Waals surface area contributed by atoms with Crippen LogP contribution in [-0.2, 0) is 18.8 Å². The quantitative estimate of drug-likeness (QED) is 0.432. The number of hydrogen-bond acceptors (Lipinski definition) is 2.